The summed E-state index contributed by atoms with van der Waals surface area (Å²) in [4.78, 5) is 14.2. The van der Waals surface area contributed by atoms with Crippen LogP contribution in [0.4, 0.5) is 5.69 Å². The molecule has 1 amide bonds. The molecule has 4 aromatic rings. The minimum Gasteiger partial charge on any atom is -0.267 e. The highest BCUT2D eigenvalue weighted by atomic mass is 35.5. The molecule has 0 saturated heterocycles. The summed E-state index contributed by atoms with van der Waals surface area (Å²) >= 11 is 7.71. The van der Waals surface area contributed by atoms with Gasteiger partial charge in [-0.15, -0.1) is 11.3 Å². The Balaban J connectivity index is 1.58. The Morgan fingerprint density at radius 1 is 1.00 bits per heavy atom. The summed E-state index contributed by atoms with van der Waals surface area (Å²) in [6.45, 7) is 1.83. The van der Waals surface area contributed by atoms with Crippen LogP contribution in [0.5, 0.6) is 0 Å². The molecule has 152 valence electrons. The average molecular weight is 445 g/mol. The van der Waals surface area contributed by atoms with Gasteiger partial charge in [0.2, 0.25) is 0 Å². The van der Waals surface area contributed by atoms with Crippen LogP contribution >= 0.6 is 22.9 Å². The van der Waals surface area contributed by atoms with Crippen molar-refractivity contribution in [2.45, 2.75) is 6.92 Å². The SMILES string of the molecule is CC1=NN(c2cccc(Cl)c2)C(=O)C1=Cc1cn(-c2ccccc2)nc1-c1cccs1. The molecule has 2 aromatic carbocycles. The smallest absolute Gasteiger partial charge is 0.267 e. The second kappa shape index (κ2) is 7.98. The van der Waals surface area contributed by atoms with E-state index < -0.39 is 0 Å². The molecular weight excluding hydrogens is 428 g/mol. The number of rotatable bonds is 4. The van der Waals surface area contributed by atoms with E-state index in [-0.39, 0.29) is 5.91 Å². The lowest BCUT2D eigenvalue weighted by molar-refractivity contribution is -0.114. The van der Waals surface area contributed by atoms with Gasteiger partial charge in [-0.25, -0.2) is 4.68 Å². The number of hydrogen-bond donors (Lipinski definition) is 0. The molecule has 0 spiro atoms. The minimum absolute atomic E-state index is 0.190. The summed E-state index contributed by atoms with van der Waals surface area (Å²) in [5.74, 6) is -0.190. The number of thiophene rings is 1. The van der Waals surface area contributed by atoms with Crippen LogP contribution in [0.2, 0.25) is 5.02 Å². The summed E-state index contributed by atoms with van der Waals surface area (Å²) in [5, 5.41) is 13.2. The number of para-hydroxylation sites is 1. The number of hydrogen-bond acceptors (Lipinski definition) is 4. The highest BCUT2D eigenvalue weighted by molar-refractivity contribution is 7.13. The van der Waals surface area contributed by atoms with E-state index in [2.05, 4.69) is 5.10 Å². The summed E-state index contributed by atoms with van der Waals surface area (Å²) < 4.78 is 1.84. The lowest BCUT2D eigenvalue weighted by atomic mass is 10.1. The van der Waals surface area contributed by atoms with Crippen LogP contribution in [0.15, 0.2) is 89.0 Å². The fourth-order valence-electron chi connectivity index (χ4n) is 3.43. The van der Waals surface area contributed by atoms with E-state index in [1.807, 2.05) is 77.8 Å². The molecule has 0 radical (unpaired) electrons. The van der Waals surface area contributed by atoms with Gasteiger partial charge in [-0.2, -0.15) is 15.2 Å². The number of amides is 1. The predicted molar refractivity (Wildman–Crippen MR) is 127 cm³/mol. The molecule has 0 unspecified atom stereocenters. The molecule has 0 saturated carbocycles. The Bertz CT molecular complexity index is 1320. The molecule has 0 N–H and O–H groups in total. The van der Waals surface area contributed by atoms with Crippen molar-refractivity contribution in [1.82, 2.24) is 9.78 Å². The van der Waals surface area contributed by atoms with Crippen LogP contribution in [0.1, 0.15) is 12.5 Å². The number of carbonyl (C=O) groups excluding carboxylic acids is 1. The van der Waals surface area contributed by atoms with Crippen LogP contribution < -0.4 is 5.01 Å². The normalized spacial score (nSPS) is 15.0. The number of aromatic nitrogens is 2. The summed E-state index contributed by atoms with van der Waals surface area (Å²) in [7, 11) is 0. The molecule has 3 heterocycles. The molecule has 2 aromatic heterocycles. The first-order valence-corrected chi connectivity index (χ1v) is 10.9. The molecule has 7 heteroatoms. The van der Waals surface area contributed by atoms with Gasteiger partial charge in [0.25, 0.3) is 5.91 Å². The van der Waals surface area contributed by atoms with Gasteiger partial charge in [0, 0.05) is 16.8 Å². The van der Waals surface area contributed by atoms with Crippen molar-refractivity contribution >= 4 is 46.3 Å². The lowest BCUT2D eigenvalue weighted by Crippen LogP contribution is -2.21. The van der Waals surface area contributed by atoms with Crippen LogP contribution in [-0.2, 0) is 4.79 Å². The van der Waals surface area contributed by atoms with Gasteiger partial charge in [-0.05, 0) is 54.8 Å². The fraction of sp³-hybridized carbons (Fsp3) is 0.0417. The maximum absolute atomic E-state index is 13.2. The minimum atomic E-state index is -0.190. The molecule has 0 aliphatic carbocycles. The van der Waals surface area contributed by atoms with Crippen molar-refractivity contribution < 1.29 is 4.79 Å². The Morgan fingerprint density at radius 3 is 2.55 bits per heavy atom. The third-order valence-corrected chi connectivity index (χ3v) is 6.04. The summed E-state index contributed by atoms with van der Waals surface area (Å²) in [6, 6.07) is 21.0. The standard InChI is InChI=1S/C24H17ClN4OS/c1-16-21(24(30)29(26-16)20-10-5-7-18(25)14-20)13-17-15-28(19-8-3-2-4-9-19)27-23(17)22-11-6-12-31-22/h2-15H,1H3. The maximum atomic E-state index is 13.2. The molecular formula is C24H17ClN4OS. The summed E-state index contributed by atoms with van der Waals surface area (Å²) in [5.41, 5.74) is 4.46. The average Bonchev–Trinajstić information content (AvgIpc) is 3.50. The number of anilines is 1. The third kappa shape index (κ3) is 3.71. The van der Waals surface area contributed by atoms with Gasteiger partial charge in [0.1, 0.15) is 5.69 Å². The second-order valence-corrected chi connectivity index (χ2v) is 8.41. The van der Waals surface area contributed by atoms with E-state index in [1.165, 1.54) is 5.01 Å². The van der Waals surface area contributed by atoms with Crippen molar-refractivity contribution in [3.05, 3.63) is 94.5 Å². The van der Waals surface area contributed by atoms with Crippen molar-refractivity contribution in [3.63, 3.8) is 0 Å². The number of nitrogens with zero attached hydrogens (tertiary/aromatic N) is 4. The number of halogens is 1. The first kappa shape index (κ1) is 19.5. The Hall–Kier alpha value is -3.48. The molecule has 1 aliphatic rings. The molecule has 0 atom stereocenters. The number of carbonyl (C=O) groups is 1. The van der Waals surface area contributed by atoms with Crippen molar-refractivity contribution in [2.75, 3.05) is 5.01 Å². The van der Waals surface area contributed by atoms with Gasteiger partial charge in [0.05, 0.1) is 27.5 Å². The van der Waals surface area contributed by atoms with E-state index in [0.29, 0.717) is 22.0 Å². The monoisotopic (exact) mass is 444 g/mol. The Labute approximate surface area is 188 Å². The third-order valence-electron chi connectivity index (χ3n) is 4.93. The van der Waals surface area contributed by atoms with Crippen LogP contribution in [0, 0.1) is 0 Å². The fourth-order valence-corrected chi connectivity index (χ4v) is 4.35. The zero-order valence-electron chi connectivity index (χ0n) is 16.6. The van der Waals surface area contributed by atoms with Gasteiger partial charge >= 0.3 is 0 Å². The number of hydrazone groups is 1. The molecule has 0 bridgehead atoms. The molecule has 5 rings (SSSR count). The lowest BCUT2D eigenvalue weighted by Gasteiger charge is -2.11. The van der Waals surface area contributed by atoms with E-state index >= 15 is 0 Å². The quantitative estimate of drug-likeness (QED) is 0.359. The van der Waals surface area contributed by atoms with Crippen LogP contribution in [-0.4, -0.2) is 21.4 Å². The molecule has 5 nitrogen and oxygen atoms in total. The largest absolute Gasteiger partial charge is 0.280 e. The van der Waals surface area contributed by atoms with E-state index in [1.54, 1.807) is 29.5 Å². The first-order chi connectivity index (χ1) is 15.1. The second-order valence-electron chi connectivity index (χ2n) is 7.03. The Morgan fingerprint density at radius 2 is 1.81 bits per heavy atom. The zero-order valence-corrected chi connectivity index (χ0v) is 18.1. The van der Waals surface area contributed by atoms with Crippen molar-refractivity contribution in [1.29, 1.82) is 0 Å². The zero-order chi connectivity index (χ0) is 21.4. The van der Waals surface area contributed by atoms with Crippen molar-refractivity contribution in [2.24, 2.45) is 5.10 Å². The van der Waals surface area contributed by atoms with E-state index in [9.17, 15) is 4.79 Å². The van der Waals surface area contributed by atoms with Crippen molar-refractivity contribution in [3.8, 4) is 16.3 Å². The van der Waals surface area contributed by atoms with E-state index in [0.717, 1.165) is 21.8 Å². The predicted octanol–water partition coefficient (Wildman–Crippen LogP) is 6.06. The van der Waals surface area contributed by atoms with Gasteiger partial charge in [0.15, 0.2) is 0 Å². The topological polar surface area (TPSA) is 50.5 Å². The van der Waals surface area contributed by atoms with Gasteiger partial charge < -0.3 is 0 Å². The van der Waals surface area contributed by atoms with Crippen LogP contribution in [0.3, 0.4) is 0 Å². The molecule has 1 aliphatic heterocycles. The van der Waals surface area contributed by atoms with Gasteiger partial charge in [-0.1, -0.05) is 41.9 Å². The summed E-state index contributed by atoms with van der Waals surface area (Å²) in [6.07, 6.45) is 3.81. The molecule has 0 fully saturated rings. The first-order valence-electron chi connectivity index (χ1n) is 9.66. The maximum Gasteiger partial charge on any atom is 0.280 e. The highest BCUT2D eigenvalue weighted by Crippen LogP contribution is 2.32. The molecule has 31 heavy (non-hydrogen) atoms. The number of benzene rings is 2. The highest BCUT2D eigenvalue weighted by Gasteiger charge is 2.29. The van der Waals surface area contributed by atoms with E-state index in [4.69, 9.17) is 16.7 Å². The van der Waals surface area contributed by atoms with Crippen LogP contribution in [0.25, 0.3) is 22.3 Å². The van der Waals surface area contributed by atoms with Gasteiger partial charge in [-0.3, -0.25) is 4.79 Å². The Kier molecular flexibility index (Phi) is 5.02.